The molecule has 10 nitrogen and oxygen atoms in total. The van der Waals surface area contributed by atoms with Crippen molar-refractivity contribution in [2.75, 3.05) is 26.4 Å². The predicted octanol–water partition coefficient (Wildman–Crippen LogP) is 1.22. The van der Waals surface area contributed by atoms with Crippen LogP contribution in [0.15, 0.2) is 24.3 Å². The van der Waals surface area contributed by atoms with Crippen molar-refractivity contribution in [2.24, 2.45) is 22.7 Å². The fraction of sp³-hybridized carbons (Fsp3) is 0.741. The minimum Gasteiger partial charge on any atom is -0.463 e. The molecule has 2 aliphatic carbocycles. The molecule has 10 heteroatoms. The van der Waals surface area contributed by atoms with Gasteiger partial charge in [-0.3, -0.25) is 0 Å². The first-order valence-electron chi connectivity index (χ1n) is 13.1. The van der Waals surface area contributed by atoms with Crippen molar-refractivity contribution >= 4 is 17.9 Å². The topological polar surface area (TPSA) is 141 Å². The highest BCUT2D eigenvalue weighted by atomic mass is 16.6. The molecule has 0 amide bonds. The van der Waals surface area contributed by atoms with Gasteiger partial charge in [0, 0.05) is 36.0 Å². The van der Waals surface area contributed by atoms with Crippen LogP contribution >= 0.6 is 0 Å². The highest BCUT2D eigenvalue weighted by Crippen LogP contribution is 2.72. The maximum Gasteiger partial charge on any atom is 0.335 e. The van der Waals surface area contributed by atoms with Crippen molar-refractivity contribution in [3.8, 4) is 0 Å². The predicted molar refractivity (Wildman–Crippen MR) is 127 cm³/mol. The van der Waals surface area contributed by atoms with Crippen molar-refractivity contribution < 1.29 is 48.3 Å². The smallest absolute Gasteiger partial charge is 0.335 e. The SMILES string of the molecule is CC1CCOC(=O)/C=C\C=C/C(=O)OC2CC3OC4CC(CO)CCC4(COC(=O)C1O)C2(C)C31CO1. The van der Waals surface area contributed by atoms with E-state index in [4.69, 9.17) is 23.7 Å². The van der Waals surface area contributed by atoms with Gasteiger partial charge in [0.1, 0.15) is 18.3 Å². The summed E-state index contributed by atoms with van der Waals surface area (Å²) >= 11 is 0. The molecule has 0 radical (unpaired) electrons. The van der Waals surface area contributed by atoms with Crippen LogP contribution < -0.4 is 0 Å². The van der Waals surface area contributed by atoms with Crippen LogP contribution in [0.1, 0.15) is 46.0 Å². The molecule has 5 aliphatic rings. The van der Waals surface area contributed by atoms with Gasteiger partial charge in [0.2, 0.25) is 0 Å². The van der Waals surface area contributed by atoms with Gasteiger partial charge in [-0.15, -0.1) is 0 Å². The van der Waals surface area contributed by atoms with Gasteiger partial charge in [-0.05, 0) is 37.5 Å². The quantitative estimate of drug-likeness (QED) is 0.295. The highest BCUT2D eigenvalue weighted by molar-refractivity contribution is 5.84. The zero-order valence-corrected chi connectivity index (χ0v) is 21.3. The second-order valence-electron chi connectivity index (χ2n) is 11.3. The summed E-state index contributed by atoms with van der Waals surface area (Å²) in [4.78, 5) is 37.7. The number of carbonyl (C=O) groups is 3. The average molecular weight is 521 g/mol. The van der Waals surface area contributed by atoms with E-state index in [1.165, 1.54) is 24.3 Å². The number of epoxide rings is 1. The van der Waals surface area contributed by atoms with E-state index in [1.54, 1.807) is 6.92 Å². The van der Waals surface area contributed by atoms with E-state index in [1.807, 2.05) is 6.92 Å². The molecule has 0 aromatic rings. The molecule has 5 rings (SSSR count). The Balaban J connectivity index is 1.51. The summed E-state index contributed by atoms with van der Waals surface area (Å²) in [6, 6.07) is 0. The van der Waals surface area contributed by atoms with Crippen LogP contribution in [0, 0.1) is 22.7 Å². The number of aliphatic hydroxyl groups is 2. The molecule has 4 fully saturated rings. The molecule has 0 aromatic heterocycles. The first-order chi connectivity index (χ1) is 17.7. The first kappa shape index (κ1) is 26.3. The van der Waals surface area contributed by atoms with E-state index < -0.39 is 52.5 Å². The fourth-order valence-electron chi connectivity index (χ4n) is 7.11. The minimum atomic E-state index is -1.40. The average Bonchev–Trinajstić information content (AvgIpc) is 3.66. The van der Waals surface area contributed by atoms with Crippen molar-refractivity contribution in [2.45, 2.75) is 76.0 Å². The van der Waals surface area contributed by atoms with Crippen LogP contribution in [0.5, 0.6) is 0 Å². The van der Waals surface area contributed by atoms with Crippen LogP contribution in [-0.2, 0) is 38.1 Å². The molecule has 9 unspecified atom stereocenters. The van der Waals surface area contributed by atoms with E-state index in [9.17, 15) is 24.6 Å². The maximum absolute atomic E-state index is 13.0. The van der Waals surface area contributed by atoms with Gasteiger partial charge in [0.05, 0.1) is 25.4 Å². The molecule has 2 spiro atoms. The van der Waals surface area contributed by atoms with Crippen molar-refractivity contribution in [1.29, 1.82) is 0 Å². The molecule has 3 aliphatic heterocycles. The Morgan fingerprint density at radius 2 is 1.70 bits per heavy atom. The summed E-state index contributed by atoms with van der Waals surface area (Å²) in [6.45, 7) is 4.21. The van der Waals surface area contributed by atoms with E-state index in [0.29, 0.717) is 32.3 Å². The lowest BCUT2D eigenvalue weighted by Crippen LogP contribution is -2.68. The van der Waals surface area contributed by atoms with Crippen LogP contribution in [0.4, 0.5) is 0 Å². The van der Waals surface area contributed by atoms with Crippen LogP contribution in [-0.4, -0.2) is 84.6 Å². The van der Waals surface area contributed by atoms with Gasteiger partial charge in [-0.25, -0.2) is 14.4 Å². The second-order valence-corrected chi connectivity index (χ2v) is 11.3. The summed E-state index contributed by atoms with van der Waals surface area (Å²) in [5, 5.41) is 20.5. The van der Waals surface area contributed by atoms with Gasteiger partial charge >= 0.3 is 17.9 Å². The van der Waals surface area contributed by atoms with E-state index in [0.717, 1.165) is 0 Å². The maximum atomic E-state index is 13.0. The first-order valence-corrected chi connectivity index (χ1v) is 13.1. The highest BCUT2D eigenvalue weighted by Gasteiger charge is 2.83. The third-order valence-corrected chi connectivity index (χ3v) is 9.61. The fourth-order valence-corrected chi connectivity index (χ4v) is 7.11. The Bertz CT molecular complexity index is 986. The number of hydrogen-bond acceptors (Lipinski definition) is 10. The Labute approximate surface area is 215 Å². The second kappa shape index (κ2) is 9.80. The minimum absolute atomic E-state index is 0.0177. The van der Waals surface area contributed by atoms with Gasteiger partial charge < -0.3 is 33.9 Å². The molecule has 204 valence electrons. The Kier molecular flexibility index (Phi) is 6.97. The lowest BCUT2D eigenvalue weighted by Gasteiger charge is -2.60. The summed E-state index contributed by atoms with van der Waals surface area (Å²) in [5.41, 5.74) is -2.12. The zero-order valence-electron chi connectivity index (χ0n) is 21.3. The number of carbonyl (C=O) groups excluding carboxylic acids is 3. The van der Waals surface area contributed by atoms with Gasteiger partial charge in [-0.2, -0.15) is 0 Å². The Hall–Kier alpha value is -2.27. The molecule has 2 saturated carbocycles. The normalized spacial score (nSPS) is 48.1. The van der Waals surface area contributed by atoms with E-state index in [2.05, 4.69) is 0 Å². The number of esters is 3. The molecular weight excluding hydrogens is 484 g/mol. The molecule has 9 atom stereocenters. The third kappa shape index (κ3) is 4.22. The summed E-state index contributed by atoms with van der Waals surface area (Å²) in [5.74, 6) is -2.37. The van der Waals surface area contributed by atoms with Crippen LogP contribution in [0.2, 0.25) is 0 Å². The summed E-state index contributed by atoms with van der Waals surface area (Å²) < 4.78 is 29.6. The lowest BCUT2D eigenvalue weighted by molar-refractivity contribution is -0.259. The number of ether oxygens (including phenoxy) is 5. The number of rotatable bonds is 1. The Morgan fingerprint density at radius 3 is 2.41 bits per heavy atom. The van der Waals surface area contributed by atoms with Crippen molar-refractivity contribution in [1.82, 2.24) is 0 Å². The molecule has 37 heavy (non-hydrogen) atoms. The molecule has 2 saturated heterocycles. The summed E-state index contributed by atoms with van der Waals surface area (Å²) in [7, 11) is 0. The molecule has 3 heterocycles. The van der Waals surface area contributed by atoms with Crippen molar-refractivity contribution in [3.63, 3.8) is 0 Å². The number of aliphatic hydroxyl groups excluding tert-OH is 2. The Morgan fingerprint density at radius 1 is 0.973 bits per heavy atom. The number of hydrogen-bond donors (Lipinski definition) is 2. The van der Waals surface area contributed by atoms with E-state index in [-0.39, 0.29) is 44.4 Å². The molecule has 2 bridgehead atoms. The number of allylic oxidation sites excluding steroid dienone is 2. The monoisotopic (exact) mass is 520 g/mol. The standard InChI is InChI=1S/C27H36O10/c1-16-8-10-33-21(29)5-3-4-6-22(30)37-18-12-20-27(15-35-27)25(18,2)26(14-34-24(32)23(16)31)9-7-17(13-28)11-19(26)36-20/h3-6,16-20,23,28,31H,7-15H2,1-2H3/b5-3-,6-4-. The largest absolute Gasteiger partial charge is 0.463 e. The van der Waals surface area contributed by atoms with Crippen LogP contribution in [0.25, 0.3) is 0 Å². The van der Waals surface area contributed by atoms with Crippen LogP contribution in [0.3, 0.4) is 0 Å². The van der Waals surface area contributed by atoms with E-state index >= 15 is 0 Å². The third-order valence-electron chi connectivity index (χ3n) is 9.61. The van der Waals surface area contributed by atoms with Gasteiger partial charge in [-0.1, -0.05) is 26.0 Å². The van der Waals surface area contributed by atoms with Gasteiger partial charge in [0.25, 0.3) is 0 Å². The lowest BCUT2D eigenvalue weighted by atomic mass is 9.50. The summed E-state index contributed by atoms with van der Waals surface area (Å²) in [6.07, 6.45) is 5.25. The van der Waals surface area contributed by atoms with Gasteiger partial charge in [0.15, 0.2) is 6.10 Å². The number of cyclic esters (lactones) is 2. The molecule has 0 aromatic carbocycles. The molecular formula is C27H36O10. The van der Waals surface area contributed by atoms with Crippen molar-refractivity contribution in [3.05, 3.63) is 24.3 Å². The molecule has 2 N–H and O–H groups in total. The zero-order chi connectivity index (χ0) is 26.4.